The number of likely N-dealkylation sites (tertiary alicyclic amines) is 1. The monoisotopic (exact) mass is 284 g/mol. The number of benzene rings is 1. The first-order chi connectivity index (χ1) is 10.3. The lowest BCUT2D eigenvalue weighted by molar-refractivity contribution is -0.142. The first kappa shape index (κ1) is 13.9. The third-order valence-electron chi connectivity index (χ3n) is 4.19. The molecule has 1 aromatic rings. The number of carbonyl (C=O) groups excluding carboxylic acids is 2. The molecule has 2 aliphatic rings. The Morgan fingerprint density at radius 2 is 1.81 bits per heavy atom. The van der Waals surface area contributed by atoms with E-state index in [1.807, 2.05) is 47.4 Å². The minimum Gasteiger partial charge on any atom is -0.333 e. The van der Waals surface area contributed by atoms with Gasteiger partial charge < -0.3 is 9.80 Å². The fraction of sp³-hybridized carbons (Fsp3) is 0.412. The number of hydrogen-bond acceptors (Lipinski definition) is 2. The van der Waals surface area contributed by atoms with Gasteiger partial charge in [-0.2, -0.15) is 0 Å². The van der Waals surface area contributed by atoms with E-state index in [0.717, 1.165) is 18.4 Å². The first-order valence-electron chi connectivity index (χ1n) is 7.53. The molecule has 0 aromatic heterocycles. The van der Waals surface area contributed by atoms with E-state index in [4.69, 9.17) is 0 Å². The third kappa shape index (κ3) is 2.99. The maximum absolute atomic E-state index is 12.5. The standard InChI is InChI=1S/C17H20N2O2/c20-16(13-14-7-2-1-3-8-14)19-12-6-9-15(19)17(21)18-10-4-5-11-18/h1-5,7-8,15H,6,9-13H2. The summed E-state index contributed by atoms with van der Waals surface area (Å²) in [7, 11) is 0. The zero-order chi connectivity index (χ0) is 14.7. The summed E-state index contributed by atoms with van der Waals surface area (Å²) < 4.78 is 0. The van der Waals surface area contributed by atoms with Gasteiger partial charge >= 0.3 is 0 Å². The van der Waals surface area contributed by atoms with Gasteiger partial charge in [-0.1, -0.05) is 42.5 Å². The highest BCUT2D eigenvalue weighted by atomic mass is 16.2. The lowest BCUT2D eigenvalue weighted by Crippen LogP contribution is -2.47. The minimum atomic E-state index is -0.263. The molecule has 110 valence electrons. The summed E-state index contributed by atoms with van der Waals surface area (Å²) in [6.07, 6.45) is 6.09. The van der Waals surface area contributed by atoms with Crippen molar-refractivity contribution in [2.45, 2.75) is 25.3 Å². The summed E-state index contributed by atoms with van der Waals surface area (Å²) >= 11 is 0. The van der Waals surface area contributed by atoms with Gasteiger partial charge in [-0.05, 0) is 18.4 Å². The van der Waals surface area contributed by atoms with Gasteiger partial charge in [0.25, 0.3) is 0 Å². The van der Waals surface area contributed by atoms with E-state index < -0.39 is 0 Å². The summed E-state index contributed by atoms with van der Waals surface area (Å²) in [6.45, 7) is 2.05. The maximum atomic E-state index is 12.5. The number of carbonyl (C=O) groups is 2. The number of rotatable bonds is 3. The van der Waals surface area contributed by atoms with E-state index in [1.165, 1.54) is 0 Å². The van der Waals surface area contributed by atoms with Crippen molar-refractivity contribution in [3.05, 3.63) is 48.0 Å². The predicted octanol–water partition coefficient (Wildman–Crippen LogP) is 1.62. The van der Waals surface area contributed by atoms with E-state index in [1.54, 1.807) is 4.90 Å². The summed E-state index contributed by atoms with van der Waals surface area (Å²) in [4.78, 5) is 28.6. The minimum absolute atomic E-state index is 0.0595. The van der Waals surface area contributed by atoms with Crippen LogP contribution in [-0.2, 0) is 16.0 Å². The van der Waals surface area contributed by atoms with Crippen LogP contribution < -0.4 is 0 Å². The van der Waals surface area contributed by atoms with Gasteiger partial charge in [0.05, 0.1) is 6.42 Å². The molecule has 2 heterocycles. The zero-order valence-corrected chi connectivity index (χ0v) is 12.1. The van der Waals surface area contributed by atoms with Crippen LogP contribution in [0.5, 0.6) is 0 Å². The molecule has 21 heavy (non-hydrogen) atoms. The molecule has 0 N–H and O–H groups in total. The summed E-state index contributed by atoms with van der Waals surface area (Å²) in [6, 6.07) is 9.46. The zero-order valence-electron chi connectivity index (χ0n) is 12.1. The molecule has 1 aromatic carbocycles. The SMILES string of the molecule is O=C(C1CCCN1C(=O)Cc1ccccc1)N1CC=CC1. The second-order valence-electron chi connectivity index (χ2n) is 5.62. The average Bonchev–Trinajstić information content (AvgIpc) is 3.19. The molecular weight excluding hydrogens is 264 g/mol. The molecule has 1 unspecified atom stereocenters. The van der Waals surface area contributed by atoms with E-state index in [2.05, 4.69) is 0 Å². The molecule has 4 nitrogen and oxygen atoms in total. The lowest BCUT2D eigenvalue weighted by Gasteiger charge is -2.27. The van der Waals surface area contributed by atoms with Crippen molar-refractivity contribution in [1.82, 2.24) is 9.80 Å². The highest BCUT2D eigenvalue weighted by Crippen LogP contribution is 2.21. The van der Waals surface area contributed by atoms with Crippen molar-refractivity contribution in [1.29, 1.82) is 0 Å². The summed E-state index contributed by atoms with van der Waals surface area (Å²) in [5, 5.41) is 0. The number of amides is 2. The molecule has 0 spiro atoms. The van der Waals surface area contributed by atoms with E-state index in [0.29, 0.717) is 26.1 Å². The van der Waals surface area contributed by atoms with Crippen LogP contribution in [0, 0.1) is 0 Å². The van der Waals surface area contributed by atoms with Crippen LogP contribution in [0.15, 0.2) is 42.5 Å². The Morgan fingerprint density at radius 1 is 1.10 bits per heavy atom. The Labute approximate surface area is 125 Å². The Morgan fingerprint density at radius 3 is 2.52 bits per heavy atom. The summed E-state index contributed by atoms with van der Waals surface area (Å²) in [5.41, 5.74) is 1.00. The van der Waals surface area contributed by atoms with Gasteiger partial charge in [-0.15, -0.1) is 0 Å². The van der Waals surface area contributed by atoms with Crippen LogP contribution in [0.3, 0.4) is 0 Å². The highest BCUT2D eigenvalue weighted by molar-refractivity contribution is 5.89. The van der Waals surface area contributed by atoms with E-state index in [-0.39, 0.29) is 17.9 Å². The Bertz CT molecular complexity index is 545. The van der Waals surface area contributed by atoms with Gasteiger partial charge in [-0.3, -0.25) is 9.59 Å². The van der Waals surface area contributed by atoms with Crippen LogP contribution in [0.2, 0.25) is 0 Å². The van der Waals surface area contributed by atoms with Crippen LogP contribution in [0.4, 0.5) is 0 Å². The van der Waals surface area contributed by atoms with E-state index >= 15 is 0 Å². The van der Waals surface area contributed by atoms with E-state index in [9.17, 15) is 9.59 Å². The molecule has 1 saturated heterocycles. The molecule has 1 fully saturated rings. The highest BCUT2D eigenvalue weighted by Gasteiger charge is 2.36. The topological polar surface area (TPSA) is 40.6 Å². The molecule has 0 aliphatic carbocycles. The second-order valence-corrected chi connectivity index (χ2v) is 5.62. The van der Waals surface area contributed by atoms with Crippen LogP contribution in [-0.4, -0.2) is 47.3 Å². The molecule has 4 heteroatoms. The van der Waals surface area contributed by atoms with Crippen molar-refractivity contribution in [2.75, 3.05) is 19.6 Å². The van der Waals surface area contributed by atoms with Crippen LogP contribution in [0.25, 0.3) is 0 Å². The van der Waals surface area contributed by atoms with Crippen molar-refractivity contribution in [3.63, 3.8) is 0 Å². The Hall–Kier alpha value is -2.10. The lowest BCUT2D eigenvalue weighted by atomic mass is 10.1. The molecule has 1 atom stereocenters. The largest absolute Gasteiger partial charge is 0.333 e. The third-order valence-corrected chi connectivity index (χ3v) is 4.19. The molecule has 0 bridgehead atoms. The second kappa shape index (κ2) is 6.12. The smallest absolute Gasteiger partial charge is 0.245 e. The van der Waals surface area contributed by atoms with Crippen molar-refractivity contribution < 1.29 is 9.59 Å². The quantitative estimate of drug-likeness (QED) is 0.791. The maximum Gasteiger partial charge on any atom is 0.245 e. The fourth-order valence-electron chi connectivity index (χ4n) is 3.06. The van der Waals surface area contributed by atoms with Gasteiger partial charge in [0, 0.05) is 19.6 Å². The van der Waals surface area contributed by atoms with Gasteiger partial charge in [0.2, 0.25) is 11.8 Å². The van der Waals surface area contributed by atoms with Gasteiger partial charge in [0.1, 0.15) is 6.04 Å². The van der Waals surface area contributed by atoms with Crippen molar-refractivity contribution in [3.8, 4) is 0 Å². The first-order valence-corrected chi connectivity index (χ1v) is 7.53. The van der Waals surface area contributed by atoms with Gasteiger partial charge in [0.15, 0.2) is 0 Å². The average molecular weight is 284 g/mol. The van der Waals surface area contributed by atoms with Crippen molar-refractivity contribution in [2.24, 2.45) is 0 Å². The van der Waals surface area contributed by atoms with Crippen LogP contribution in [0.1, 0.15) is 18.4 Å². The Balaban J connectivity index is 1.66. The molecule has 0 radical (unpaired) electrons. The Kier molecular flexibility index (Phi) is 4.04. The molecule has 2 amide bonds. The fourth-order valence-corrected chi connectivity index (χ4v) is 3.06. The molecule has 2 aliphatic heterocycles. The van der Waals surface area contributed by atoms with Crippen molar-refractivity contribution >= 4 is 11.8 Å². The summed E-state index contributed by atoms with van der Waals surface area (Å²) in [5.74, 6) is 0.156. The van der Waals surface area contributed by atoms with Crippen LogP contribution >= 0.6 is 0 Å². The molecule has 3 rings (SSSR count). The molecule has 0 saturated carbocycles. The van der Waals surface area contributed by atoms with Gasteiger partial charge in [-0.25, -0.2) is 0 Å². The number of hydrogen-bond donors (Lipinski definition) is 0. The molecular formula is C17H20N2O2. The predicted molar refractivity (Wildman–Crippen MR) is 80.6 cm³/mol. The number of nitrogens with zero attached hydrogens (tertiary/aromatic N) is 2. The normalized spacial score (nSPS) is 21.0.